The third kappa shape index (κ3) is 1.79. The molecule has 1 unspecified atom stereocenters. The number of nitrogens with one attached hydrogen (secondary N) is 1. The number of para-hydroxylation sites is 1. The largest absolute Gasteiger partial charge is 0.374 e. The monoisotopic (exact) mass is 241 g/mol. The van der Waals surface area contributed by atoms with Crippen LogP contribution in [0.2, 0.25) is 0 Å². The molecule has 1 aromatic heterocycles. The summed E-state index contributed by atoms with van der Waals surface area (Å²) in [5, 5.41) is 7.42. The van der Waals surface area contributed by atoms with Crippen LogP contribution in [0.1, 0.15) is 22.8 Å². The summed E-state index contributed by atoms with van der Waals surface area (Å²) in [6.45, 7) is 2.79. The first-order chi connectivity index (χ1) is 8.78. The van der Waals surface area contributed by atoms with Gasteiger partial charge in [0.25, 0.3) is 0 Å². The molecule has 1 aliphatic heterocycles. The molecule has 0 amide bonds. The van der Waals surface area contributed by atoms with Crippen LogP contribution in [0.5, 0.6) is 0 Å². The Morgan fingerprint density at radius 1 is 1.50 bits per heavy atom. The van der Waals surface area contributed by atoms with Crippen molar-refractivity contribution < 1.29 is 4.79 Å². The molecule has 18 heavy (non-hydrogen) atoms. The van der Waals surface area contributed by atoms with Crippen molar-refractivity contribution in [3.05, 3.63) is 47.8 Å². The van der Waals surface area contributed by atoms with Crippen molar-refractivity contribution in [3.63, 3.8) is 0 Å². The fourth-order valence-electron chi connectivity index (χ4n) is 2.32. The van der Waals surface area contributed by atoms with Crippen molar-refractivity contribution in [1.29, 1.82) is 0 Å². The van der Waals surface area contributed by atoms with Gasteiger partial charge >= 0.3 is 0 Å². The second kappa shape index (κ2) is 4.29. The van der Waals surface area contributed by atoms with Gasteiger partial charge in [-0.25, -0.2) is 0 Å². The van der Waals surface area contributed by atoms with Crippen molar-refractivity contribution >= 4 is 11.5 Å². The Hall–Kier alpha value is -2.10. The number of fused-ring (bicyclic) bond motifs is 1. The first-order valence-electron chi connectivity index (χ1n) is 6.19. The highest BCUT2D eigenvalue weighted by molar-refractivity contribution is 6.02. The van der Waals surface area contributed by atoms with Gasteiger partial charge in [0, 0.05) is 24.8 Å². The summed E-state index contributed by atoms with van der Waals surface area (Å²) in [5.74, 6) is 0.117. The SMILES string of the molecule is CCn1cc(C(=O)C2Cc3ccccc3N2)cn1. The molecule has 0 saturated carbocycles. The molecule has 3 rings (SSSR count). The number of Topliss-reactive ketones (excluding diaryl/α,β-unsaturated/α-hetero) is 1. The Bertz CT molecular complexity index is 563. The number of anilines is 1. The predicted molar refractivity (Wildman–Crippen MR) is 69.8 cm³/mol. The maximum atomic E-state index is 12.3. The van der Waals surface area contributed by atoms with Gasteiger partial charge in [0.15, 0.2) is 5.78 Å². The minimum atomic E-state index is -0.156. The van der Waals surface area contributed by atoms with E-state index in [1.54, 1.807) is 10.9 Å². The zero-order chi connectivity index (χ0) is 12.5. The van der Waals surface area contributed by atoms with Gasteiger partial charge in [-0.1, -0.05) is 18.2 Å². The van der Waals surface area contributed by atoms with Crippen LogP contribution in [0, 0.1) is 0 Å². The van der Waals surface area contributed by atoms with E-state index in [1.165, 1.54) is 5.56 Å². The zero-order valence-corrected chi connectivity index (χ0v) is 10.3. The van der Waals surface area contributed by atoms with Crippen LogP contribution < -0.4 is 5.32 Å². The number of rotatable bonds is 3. The Morgan fingerprint density at radius 2 is 2.33 bits per heavy atom. The summed E-state index contributed by atoms with van der Waals surface area (Å²) >= 11 is 0. The molecule has 1 aliphatic rings. The Labute approximate surface area is 106 Å². The van der Waals surface area contributed by atoms with Crippen molar-refractivity contribution in [1.82, 2.24) is 9.78 Å². The minimum Gasteiger partial charge on any atom is -0.374 e. The molecule has 0 bridgehead atoms. The van der Waals surface area contributed by atoms with E-state index in [0.717, 1.165) is 18.7 Å². The van der Waals surface area contributed by atoms with Gasteiger partial charge in [-0.15, -0.1) is 0 Å². The van der Waals surface area contributed by atoms with Crippen molar-refractivity contribution in [2.24, 2.45) is 0 Å². The molecule has 1 aromatic carbocycles. The number of benzene rings is 1. The molecule has 0 radical (unpaired) electrons. The molecular weight excluding hydrogens is 226 g/mol. The van der Waals surface area contributed by atoms with Gasteiger partial charge in [-0.05, 0) is 18.6 Å². The van der Waals surface area contributed by atoms with Gasteiger partial charge in [-0.2, -0.15) is 5.10 Å². The molecule has 0 aliphatic carbocycles. The molecule has 4 heteroatoms. The Morgan fingerprint density at radius 3 is 3.06 bits per heavy atom. The maximum absolute atomic E-state index is 12.3. The smallest absolute Gasteiger partial charge is 0.188 e. The number of nitrogens with zero attached hydrogens (tertiary/aromatic N) is 2. The standard InChI is InChI=1S/C14H15N3O/c1-2-17-9-11(8-15-17)14(18)13-7-10-5-3-4-6-12(10)16-13/h3-6,8-9,13,16H,2,7H2,1H3. The fourth-order valence-corrected chi connectivity index (χ4v) is 2.32. The predicted octanol–water partition coefficient (Wildman–Crippen LogP) is 2.12. The van der Waals surface area contributed by atoms with Crippen LogP contribution in [-0.2, 0) is 13.0 Å². The number of ketones is 1. The summed E-state index contributed by atoms with van der Waals surface area (Å²) < 4.78 is 1.77. The number of carbonyl (C=O) groups is 1. The first kappa shape index (κ1) is 11.0. The van der Waals surface area contributed by atoms with Gasteiger partial charge in [0.05, 0.1) is 17.8 Å². The van der Waals surface area contributed by atoms with Gasteiger partial charge in [0.1, 0.15) is 0 Å². The second-order valence-electron chi connectivity index (χ2n) is 4.51. The molecule has 0 fully saturated rings. The molecule has 0 spiro atoms. The van der Waals surface area contributed by atoms with E-state index in [1.807, 2.05) is 31.3 Å². The highest BCUT2D eigenvalue weighted by Gasteiger charge is 2.27. The second-order valence-corrected chi connectivity index (χ2v) is 4.51. The van der Waals surface area contributed by atoms with Crippen molar-refractivity contribution in [3.8, 4) is 0 Å². The van der Waals surface area contributed by atoms with Gasteiger partial charge in [0.2, 0.25) is 0 Å². The molecule has 2 heterocycles. The average Bonchev–Trinajstić information content (AvgIpc) is 3.04. The molecule has 2 aromatic rings. The number of hydrogen-bond donors (Lipinski definition) is 1. The summed E-state index contributed by atoms with van der Waals surface area (Å²) in [5.41, 5.74) is 2.96. The molecular formula is C14H15N3O. The molecule has 92 valence electrons. The quantitative estimate of drug-likeness (QED) is 0.837. The van der Waals surface area contributed by atoms with E-state index in [4.69, 9.17) is 0 Å². The van der Waals surface area contributed by atoms with Crippen LogP contribution in [-0.4, -0.2) is 21.6 Å². The van der Waals surface area contributed by atoms with E-state index in [-0.39, 0.29) is 11.8 Å². The lowest BCUT2D eigenvalue weighted by atomic mass is 10.0. The molecule has 4 nitrogen and oxygen atoms in total. The lowest BCUT2D eigenvalue weighted by Gasteiger charge is -2.08. The normalized spacial score (nSPS) is 17.3. The number of hydrogen-bond acceptors (Lipinski definition) is 3. The van der Waals surface area contributed by atoms with Crippen LogP contribution in [0.4, 0.5) is 5.69 Å². The molecule has 0 saturated heterocycles. The van der Waals surface area contributed by atoms with E-state index in [0.29, 0.717) is 5.56 Å². The third-order valence-electron chi connectivity index (χ3n) is 3.33. The highest BCUT2D eigenvalue weighted by Crippen LogP contribution is 2.26. The Kier molecular flexibility index (Phi) is 2.63. The van der Waals surface area contributed by atoms with E-state index < -0.39 is 0 Å². The average molecular weight is 241 g/mol. The van der Waals surface area contributed by atoms with Crippen molar-refractivity contribution in [2.45, 2.75) is 25.9 Å². The maximum Gasteiger partial charge on any atom is 0.188 e. The van der Waals surface area contributed by atoms with E-state index >= 15 is 0 Å². The first-order valence-corrected chi connectivity index (χ1v) is 6.19. The molecule has 1 N–H and O–H groups in total. The minimum absolute atomic E-state index is 0.117. The fraction of sp³-hybridized carbons (Fsp3) is 0.286. The summed E-state index contributed by atoms with van der Waals surface area (Å²) in [7, 11) is 0. The van der Waals surface area contributed by atoms with Gasteiger partial charge < -0.3 is 5.32 Å². The molecule has 1 atom stereocenters. The van der Waals surface area contributed by atoms with Gasteiger partial charge in [-0.3, -0.25) is 9.48 Å². The summed E-state index contributed by atoms with van der Waals surface area (Å²) in [6.07, 6.45) is 4.22. The Balaban J connectivity index is 1.80. The summed E-state index contributed by atoms with van der Waals surface area (Å²) in [6, 6.07) is 7.90. The summed E-state index contributed by atoms with van der Waals surface area (Å²) in [4.78, 5) is 12.3. The van der Waals surface area contributed by atoms with Crippen molar-refractivity contribution in [2.75, 3.05) is 5.32 Å². The zero-order valence-electron chi connectivity index (χ0n) is 10.3. The third-order valence-corrected chi connectivity index (χ3v) is 3.33. The number of aryl methyl sites for hydroxylation is 1. The van der Waals surface area contributed by atoms with Crippen LogP contribution in [0.3, 0.4) is 0 Å². The highest BCUT2D eigenvalue weighted by atomic mass is 16.1. The van der Waals surface area contributed by atoms with E-state index in [9.17, 15) is 4.79 Å². The lowest BCUT2D eigenvalue weighted by molar-refractivity contribution is 0.0971. The number of carbonyl (C=O) groups excluding carboxylic acids is 1. The lowest BCUT2D eigenvalue weighted by Crippen LogP contribution is -2.26. The number of aromatic nitrogens is 2. The van der Waals surface area contributed by atoms with E-state index in [2.05, 4.69) is 16.5 Å². The van der Waals surface area contributed by atoms with Crippen LogP contribution >= 0.6 is 0 Å². The topological polar surface area (TPSA) is 46.9 Å². The van der Waals surface area contributed by atoms with Crippen LogP contribution in [0.15, 0.2) is 36.7 Å². The van der Waals surface area contributed by atoms with Crippen LogP contribution in [0.25, 0.3) is 0 Å².